The first-order chi connectivity index (χ1) is 35.7. The van der Waals surface area contributed by atoms with Crippen LogP contribution in [0.3, 0.4) is 0 Å². The lowest BCUT2D eigenvalue weighted by Gasteiger charge is -2.29. The molecule has 340 valence electrons. The SMILES string of the molecule is c1ccc(-c2ccc(N(c3cccc(N(c4ccccc4)c4ccc5sc6ccccc6c5c4)c3)c3ccc4c(c3)sc3ccc(N(c5ccccc5)c5ccc6sc7ccccc7c6c5)cc34)cc2)cc1. The molecule has 0 saturated carbocycles. The van der Waals surface area contributed by atoms with Gasteiger partial charge in [0.25, 0.3) is 0 Å². The van der Waals surface area contributed by atoms with Gasteiger partial charge in [-0.2, -0.15) is 0 Å². The summed E-state index contributed by atoms with van der Waals surface area (Å²) in [6.45, 7) is 0. The van der Waals surface area contributed by atoms with Gasteiger partial charge in [-0.25, -0.2) is 0 Å². The summed E-state index contributed by atoms with van der Waals surface area (Å²) in [6.07, 6.45) is 0. The fraction of sp³-hybridized carbons (Fsp3) is 0. The normalized spacial score (nSPS) is 11.6. The number of fused-ring (bicyclic) bond motifs is 9. The highest BCUT2D eigenvalue weighted by Crippen LogP contribution is 2.47. The van der Waals surface area contributed by atoms with Crippen LogP contribution in [0.2, 0.25) is 0 Å². The largest absolute Gasteiger partial charge is 0.310 e. The highest BCUT2D eigenvalue weighted by atomic mass is 32.1. The third-order valence-corrected chi connectivity index (χ3v) is 17.2. The van der Waals surface area contributed by atoms with Crippen LogP contribution in [0.4, 0.5) is 51.2 Å². The summed E-state index contributed by atoms with van der Waals surface area (Å²) in [4.78, 5) is 7.20. The molecule has 11 aromatic carbocycles. The minimum absolute atomic E-state index is 1.07. The molecule has 0 N–H and O–H groups in total. The maximum absolute atomic E-state index is 2.41. The van der Waals surface area contributed by atoms with Gasteiger partial charge in [0.15, 0.2) is 0 Å². The van der Waals surface area contributed by atoms with Gasteiger partial charge in [-0.3, -0.25) is 0 Å². The van der Waals surface area contributed by atoms with E-state index in [0.29, 0.717) is 0 Å². The molecule has 0 spiro atoms. The van der Waals surface area contributed by atoms with E-state index in [1.165, 1.54) is 71.6 Å². The second kappa shape index (κ2) is 17.7. The Morgan fingerprint density at radius 3 is 1.00 bits per heavy atom. The van der Waals surface area contributed by atoms with Crippen LogP contribution < -0.4 is 14.7 Å². The zero-order valence-electron chi connectivity index (χ0n) is 38.9. The van der Waals surface area contributed by atoms with Crippen molar-refractivity contribution in [2.24, 2.45) is 0 Å². The molecule has 14 rings (SSSR count). The number of para-hydroxylation sites is 2. The van der Waals surface area contributed by atoms with Crippen molar-refractivity contribution in [2.75, 3.05) is 14.7 Å². The third-order valence-electron chi connectivity index (χ3n) is 13.8. The molecule has 3 heterocycles. The molecule has 0 aliphatic carbocycles. The van der Waals surface area contributed by atoms with Gasteiger partial charge in [-0.1, -0.05) is 127 Å². The molecule has 3 aromatic heterocycles. The number of thiophene rings is 3. The summed E-state index contributed by atoms with van der Waals surface area (Å²) in [5.74, 6) is 0. The first-order valence-corrected chi connectivity index (χ1v) is 26.7. The topological polar surface area (TPSA) is 9.72 Å². The van der Waals surface area contributed by atoms with Crippen molar-refractivity contribution in [1.82, 2.24) is 0 Å². The Hall–Kier alpha value is -8.52. The molecule has 0 aliphatic rings. The Labute approximate surface area is 429 Å². The van der Waals surface area contributed by atoms with Crippen LogP contribution in [0.1, 0.15) is 0 Å². The lowest BCUT2D eigenvalue weighted by molar-refractivity contribution is 1.25. The summed E-state index contributed by atoms with van der Waals surface area (Å²) in [6, 6.07) is 95.4. The molecule has 0 saturated heterocycles. The zero-order chi connectivity index (χ0) is 47.5. The molecule has 0 bridgehead atoms. The van der Waals surface area contributed by atoms with Crippen LogP contribution in [0.5, 0.6) is 0 Å². The van der Waals surface area contributed by atoms with Gasteiger partial charge in [0, 0.05) is 112 Å². The van der Waals surface area contributed by atoms with Crippen LogP contribution in [0.15, 0.2) is 261 Å². The smallest absolute Gasteiger partial charge is 0.0482 e. The van der Waals surface area contributed by atoms with Gasteiger partial charge in [-0.05, 0) is 145 Å². The van der Waals surface area contributed by atoms with E-state index in [4.69, 9.17) is 0 Å². The molecule has 0 fully saturated rings. The van der Waals surface area contributed by atoms with Gasteiger partial charge in [0.05, 0.1) is 0 Å². The van der Waals surface area contributed by atoms with Crippen LogP contribution in [0.25, 0.3) is 71.6 Å². The second-order valence-electron chi connectivity index (χ2n) is 18.1. The summed E-state index contributed by atoms with van der Waals surface area (Å²) in [5, 5.41) is 7.64. The standard InChI is InChI=1S/C66H43N3S3/c1-4-15-44(16-5-1)45-27-29-48(30-28-45)69(50-22-14-21-49(39-50)67(46-17-6-2-7-18-46)51-32-36-63-58(40-51)55-23-10-12-25-61(55)70-63)54-31-35-57-60-42-53(34-38-65(60)72-66(57)43-54)68(47-19-8-3-9-20-47)52-33-37-64-59(41-52)56-24-11-13-26-62(56)71-64/h1-43H. The minimum Gasteiger partial charge on any atom is -0.310 e. The lowest BCUT2D eigenvalue weighted by Crippen LogP contribution is -2.13. The number of benzene rings is 11. The summed E-state index contributed by atoms with van der Waals surface area (Å²) < 4.78 is 7.70. The molecular formula is C66H43N3S3. The van der Waals surface area contributed by atoms with E-state index in [1.807, 2.05) is 34.0 Å². The molecule has 0 aliphatic heterocycles. The van der Waals surface area contributed by atoms with E-state index in [2.05, 4.69) is 276 Å². The first kappa shape index (κ1) is 42.4. The van der Waals surface area contributed by atoms with Gasteiger partial charge in [-0.15, -0.1) is 34.0 Å². The molecular weight excluding hydrogens is 931 g/mol. The summed E-state index contributed by atoms with van der Waals surface area (Å²) in [5.41, 5.74) is 12.3. The Kier molecular flexibility index (Phi) is 10.4. The van der Waals surface area contributed by atoms with Crippen molar-refractivity contribution in [1.29, 1.82) is 0 Å². The molecule has 0 atom stereocenters. The van der Waals surface area contributed by atoms with Crippen molar-refractivity contribution in [2.45, 2.75) is 0 Å². The molecule has 0 unspecified atom stereocenters. The first-order valence-electron chi connectivity index (χ1n) is 24.2. The van der Waals surface area contributed by atoms with E-state index in [0.717, 1.165) is 51.2 Å². The highest BCUT2D eigenvalue weighted by Gasteiger charge is 2.21. The monoisotopic (exact) mass is 973 g/mol. The Morgan fingerprint density at radius 2 is 0.500 bits per heavy atom. The zero-order valence-corrected chi connectivity index (χ0v) is 41.3. The van der Waals surface area contributed by atoms with E-state index in [1.54, 1.807) is 0 Å². The maximum atomic E-state index is 2.41. The molecule has 14 aromatic rings. The number of nitrogens with zero attached hydrogens (tertiary/aromatic N) is 3. The van der Waals surface area contributed by atoms with Crippen molar-refractivity contribution < 1.29 is 0 Å². The molecule has 3 nitrogen and oxygen atoms in total. The second-order valence-corrected chi connectivity index (χ2v) is 21.4. The van der Waals surface area contributed by atoms with Gasteiger partial charge >= 0.3 is 0 Å². The molecule has 0 radical (unpaired) electrons. The van der Waals surface area contributed by atoms with E-state index < -0.39 is 0 Å². The third kappa shape index (κ3) is 7.47. The fourth-order valence-corrected chi connectivity index (χ4v) is 13.7. The van der Waals surface area contributed by atoms with Crippen molar-refractivity contribution in [3.8, 4) is 11.1 Å². The quantitative estimate of drug-likeness (QED) is 0.135. The predicted octanol–water partition coefficient (Wildman–Crippen LogP) is 20.9. The Balaban J connectivity index is 0.895. The minimum atomic E-state index is 1.07. The van der Waals surface area contributed by atoms with Crippen molar-refractivity contribution in [3.05, 3.63) is 261 Å². The lowest BCUT2D eigenvalue weighted by atomic mass is 10.0. The summed E-state index contributed by atoms with van der Waals surface area (Å²) >= 11 is 5.56. The van der Waals surface area contributed by atoms with Crippen LogP contribution >= 0.6 is 34.0 Å². The number of rotatable bonds is 10. The number of anilines is 9. The van der Waals surface area contributed by atoms with Crippen LogP contribution in [0, 0.1) is 0 Å². The fourth-order valence-electron chi connectivity index (χ4n) is 10.4. The molecule has 0 amide bonds. The van der Waals surface area contributed by atoms with Crippen LogP contribution in [-0.4, -0.2) is 0 Å². The average molecular weight is 974 g/mol. The van der Waals surface area contributed by atoms with Gasteiger partial charge in [0.1, 0.15) is 0 Å². The van der Waals surface area contributed by atoms with E-state index in [-0.39, 0.29) is 0 Å². The van der Waals surface area contributed by atoms with Gasteiger partial charge in [0.2, 0.25) is 0 Å². The van der Waals surface area contributed by atoms with Crippen molar-refractivity contribution in [3.63, 3.8) is 0 Å². The van der Waals surface area contributed by atoms with Gasteiger partial charge < -0.3 is 14.7 Å². The predicted molar refractivity (Wildman–Crippen MR) is 315 cm³/mol. The average Bonchev–Trinajstić information content (AvgIpc) is 4.13. The van der Waals surface area contributed by atoms with Crippen LogP contribution in [-0.2, 0) is 0 Å². The Bertz CT molecular complexity index is 4290. The van der Waals surface area contributed by atoms with Crippen molar-refractivity contribution >= 4 is 146 Å². The molecule has 72 heavy (non-hydrogen) atoms. The Morgan fingerprint density at radius 1 is 0.181 bits per heavy atom. The number of hydrogen-bond donors (Lipinski definition) is 0. The van der Waals surface area contributed by atoms with E-state index >= 15 is 0 Å². The number of hydrogen-bond acceptors (Lipinski definition) is 6. The molecule has 6 heteroatoms. The maximum Gasteiger partial charge on any atom is 0.0482 e. The van der Waals surface area contributed by atoms with E-state index in [9.17, 15) is 0 Å². The highest BCUT2D eigenvalue weighted by molar-refractivity contribution is 7.26. The summed E-state index contributed by atoms with van der Waals surface area (Å²) in [7, 11) is 0.